The summed E-state index contributed by atoms with van der Waals surface area (Å²) in [5, 5.41) is 0. The highest BCUT2D eigenvalue weighted by molar-refractivity contribution is 5.65. The maximum atomic E-state index is 10.6. The van der Waals surface area contributed by atoms with Gasteiger partial charge in [0.15, 0.2) is 0 Å². The van der Waals surface area contributed by atoms with Gasteiger partial charge in [0.25, 0.3) is 0 Å². The second-order valence-corrected chi connectivity index (χ2v) is 4.62. The summed E-state index contributed by atoms with van der Waals surface area (Å²) in [6, 6.07) is 9.03. The molecule has 0 N–H and O–H groups in total. The van der Waals surface area contributed by atoms with Gasteiger partial charge in [-0.15, -0.1) is 0 Å². The monoisotopic (exact) mass is 332 g/mol. The maximum Gasteiger partial charge on any atom is 0.240 e. The molecule has 120 valence electrons. The average Bonchev–Trinajstić information content (AvgIpc) is 2.60. The number of rotatable bonds is 6. The molecule has 8 nitrogen and oxygen atoms in total. The maximum absolute atomic E-state index is 10.6. The van der Waals surface area contributed by atoms with Gasteiger partial charge in [0.2, 0.25) is 24.3 Å². The van der Waals surface area contributed by atoms with Crippen LogP contribution in [0.15, 0.2) is 56.4 Å². The molecule has 2 aromatic carbocycles. The van der Waals surface area contributed by atoms with E-state index in [0.717, 1.165) is 0 Å². The number of hydrogen-bond donors (Lipinski definition) is 0. The van der Waals surface area contributed by atoms with Gasteiger partial charge in [0.1, 0.15) is 0 Å². The van der Waals surface area contributed by atoms with Gasteiger partial charge in [-0.1, -0.05) is 0 Å². The van der Waals surface area contributed by atoms with E-state index < -0.39 is 0 Å². The molecule has 0 unspecified atom stereocenters. The fourth-order valence-corrected chi connectivity index (χ4v) is 2.19. The van der Waals surface area contributed by atoms with Gasteiger partial charge in [-0.25, -0.2) is 19.2 Å². The summed E-state index contributed by atoms with van der Waals surface area (Å²) in [6.07, 6.45) is 5.91. The molecule has 2 aromatic rings. The van der Waals surface area contributed by atoms with Crippen LogP contribution in [0.25, 0.3) is 0 Å². The van der Waals surface area contributed by atoms with E-state index >= 15 is 0 Å². The lowest BCUT2D eigenvalue weighted by atomic mass is 10.0. The van der Waals surface area contributed by atoms with Gasteiger partial charge in [-0.3, -0.25) is 0 Å². The van der Waals surface area contributed by atoms with Crippen LogP contribution in [-0.4, -0.2) is 24.3 Å². The van der Waals surface area contributed by atoms with Crippen molar-refractivity contribution in [2.24, 2.45) is 20.0 Å². The quantitative estimate of drug-likeness (QED) is 0.596. The number of nitrogens with zero attached hydrogens (tertiary/aromatic N) is 4. The molecule has 0 amide bonds. The summed E-state index contributed by atoms with van der Waals surface area (Å²) >= 11 is 0. The third-order valence-electron chi connectivity index (χ3n) is 3.19. The third kappa shape index (κ3) is 4.47. The van der Waals surface area contributed by atoms with E-state index in [0.29, 0.717) is 33.9 Å². The van der Waals surface area contributed by atoms with Crippen LogP contribution in [0, 0.1) is 0 Å². The Labute approximate surface area is 141 Å². The first-order chi connectivity index (χ1) is 12.2. The largest absolute Gasteiger partial charge is 0.240 e. The van der Waals surface area contributed by atoms with E-state index in [1.165, 1.54) is 60.7 Å². The van der Waals surface area contributed by atoms with Crippen molar-refractivity contribution >= 4 is 47.1 Å². The summed E-state index contributed by atoms with van der Waals surface area (Å²) in [5.41, 5.74) is 2.30. The first kappa shape index (κ1) is 17.3. The van der Waals surface area contributed by atoms with Gasteiger partial charge in [-0.05, 0) is 47.5 Å². The highest BCUT2D eigenvalue weighted by Gasteiger charge is 2.10. The minimum absolute atomic E-state index is 0.172. The molecule has 8 heteroatoms. The van der Waals surface area contributed by atoms with Gasteiger partial charge in [0, 0.05) is 6.42 Å². The number of isocyanates is 4. The molecular formula is C17H8N4O4. The van der Waals surface area contributed by atoms with Crippen molar-refractivity contribution in [3.63, 3.8) is 0 Å². The molecule has 0 radical (unpaired) electrons. The van der Waals surface area contributed by atoms with Crippen molar-refractivity contribution in [3.8, 4) is 0 Å². The molecule has 0 saturated heterocycles. The lowest BCUT2D eigenvalue weighted by Crippen LogP contribution is -1.90. The predicted molar refractivity (Wildman–Crippen MR) is 86.8 cm³/mol. The van der Waals surface area contributed by atoms with E-state index in [-0.39, 0.29) is 6.42 Å². The second kappa shape index (κ2) is 8.56. The van der Waals surface area contributed by atoms with Crippen LogP contribution in [0.3, 0.4) is 0 Å². The lowest BCUT2D eigenvalue weighted by Gasteiger charge is -2.08. The van der Waals surface area contributed by atoms with Crippen molar-refractivity contribution in [1.82, 2.24) is 0 Å². The first-order valence-corrected chi connectivity index (χ1v) is 6.79. The molecule has 0 saturated carbocycles. The van der Waals surface area contributed by atoms with Gasteiger partial charge >= 0.3 is 0 Å². The van der Waals surface area contributed by atoms with Crippen molar-refractivity contribution in [2.45, 2.75) is 6.42 Å². The van der Waals surface area contributed by atoms with Gasteiger partial charge < -0.3 is 0 Å². The van der Waals surface area contributed by atoms with E-state index in [1.54, 1.807) is 0 Å². The fourth-order valence-electron chi connectivity index (χ4n) is 2.19. The Hall–Kier alpha value is -4.04. The van der Waals surface area contributed by atoms with Crippen LogP contribution in [-0.2, 0) is 25.6 Å². The summed E-state index contributed by atoms with van der Waals surface area (Å²) in [6.45, 7) is 0. The normalized spacial score (nSPS) is 8.96. The highest BCUT2D eigenvalue weighted by atomic mass is 16.1. The molecular weight excluding hydrogens is 324 g/mol. The molecule has 0 spiro atoms. The molecule has 25 heavy (non-hydrogen) atoms. The van der Waals surface area contributed by atoms with E-state index in [1.807, 2.05) is 0 Å². The Morgan fingerprint density at radius 3 is 1.36 bits per heavy atom. The first-order valence-electron chi connectivity index (χ1n) is 6.79. The summed E-state index contributed by atoms with van der Waals surface area (Å²) in [4.78, 5) is 56.3. The molecule has 0 bridgehead atoms. The Balaban J connectivity index is 2.60. The fraction of sp³-hybridized carbons (Fsp3) is 0.0588. The van der Waals surface area contributed by atoms with Gasteiger partial charge in [-0.2, -0.15) is 20.0 Å². The van der Waals surface area contributed by atoms with Crippen molar-refractivity contribution in [2.75, 3.05) is 0 Å². The molecule has 0 aliphatic carbocycles. The number of carbonyl (C=O) groups excluding carboxylic acids is 4. The third-order valence-corrected chi connectivity index (χ3v) is 3.19. The van der Waals surface area contributed by atoms with Crippen LogP contribution < -0.4 is 0 Å². The Morgan fingerprint density at radius 1 is 0.600 bits per heavy atom. The van der Waals surface area contributed by atoms with Crippen molar-refractivity contribution in [1.29, 1.82) is 0 Å². The Kier molecular flexibility index (Phi) is 5.93. The minimum Gasteiger partial charge on any atom is -0.211 e. The Bertz CT molecular complexity index is 924. The van der Waals surface area contributed by atoms with Crippen LogP contribution in [0.4, 0.5) is 22.7 Å². The average molecular weight is 332 g/mol. The predicted octanol–water partition coefficient (Wildman–Crippen LogP) is 3.15. The van der Waals surface area contributed by atoms with Crippen LogP contribution in [0.1, 0.15) is 11.1 Å². The van der Waals surface area contributed by atoms with Gasteiger partial charge in [0.05, 0.1) is 22.7 Å². The molecule has 0 aliphatic rings. The number of hydrogen-bond acceptors (Lipinski definition) is 8. The second-order valence-electron chi connectivity index (χ2n) is 4.62. The van der Waals surface area contributed by atoms with Crippen LogP contribution in [0.5, 0.6) is 0 Å². The standard InChI is InChI=1S/C17H8N4O4/c22-8-18-14-1-3-16(20-10-24)12(6-14)5-13-7-15(19-9-23)2-4-17(13)21-11-25/h1-4,6-7H,5H2. The molecule has 2 rings (SSSR count). The molecule has 0 aliphatic heterocycles. The molecule has 0 fully saturated rings. The highest BCUT2D eigenvalue weighted by Crippen LogP contribution is 2.31. The van der Waals surface area contributed by atoms with Crippen molar-refractivity contribution in [3.05, 3.63) is 47.5 Å². The zero-order chi connectivity index (χ0) is 18.1. The van der Waals surface area contributed by atoms with E-state index in [2.05, 4.69) is 20.0 Å². The minimum atomic E-state index is 0.172. The van der Waals surface area contributed by atoms with Crippen molar-refractivity contribution < 1.29 is 19.2 Å². The zero-order valence-corrected chi connectivity index (χ0v) is 12.6. The lowest BCUT2D eigenvalue weighted by molar-refractivity contribution is 0.564. The zero-order valence-electron chi connectivity index (χ0n) is 12.6. The Morgan fingerprint density at radius 2 is 1.00 bits per heavy atom. The summed E-state index contributed by atoms with van der Waals surface area (Å²) < 4.78 is 0. The SMILES string of the molecule is O=C=Nc1ccc(N=C=O)c(Cc2cc(N=C=O)ccc2N=C=O)c1. The van der Waals surface area contributed by atoms with Crippen LogP contribution in [0.2, 0.25) is 0 Å². The molecule has 0 heterocycles. The van der Waals surface area contributed by atoms with E-state index in [4.69, 9.17) is 0 Å². The summed E-state index contributed by atoms with van der Waals surface area (Å²) in [5.74, 6) is 0. The molecule has 0 aromatic heterocycles. The smallest absolute Gasteiger partial charge is 0.211 e. The summed E-state index contributed by atoms with van der Waals surface area (Å²) in [7, 11) is 0. The topological polar surface area (TPSA) is 118 Å². The van der Waals surface area contributed by atoms with E-state index in [9.17, 15) is 19.2 Å². The number of benzene rings is 2. The number of aliphatic imine (C=N–C) groups is 4. The van der Waals surface area contributed by atoms with Crippen LogP contribution >= 0.6 is 0 Å². The molecule has 0 atom stereocenters.